The van der Waals surface area contributed by atoms with Gasteiger partial charge in [-0.15, -0.1) is 0 Å². The van der Waals surface area contributed by atoms with E-state index in [4.69, 9.17) is 11.6 Å². The zero-order chi connectivity index (χ0) is 14.5. The number of carbonyl (C=O) groups is 2. The summed E-state index contributed by atoms with van der Waals surface area (Å²) in [5, 5.41) is 3.39. The molecule has 1 aliphatic rings. The Balaban J connectivity index is 1.86. The summed E-state index contributed by atoms with van der Waals surface area (Å²) in [6.07, 6.45) is 0.864. The van der Waals surface area contributed by atoms with Gasteiger partial charge in [-0.25, -0.2) is 0 Å². The van der Waals surface area contributed by atoms with Crippen LogP contribution in [0, 0.1) is 6.92 Å². The van der Waals surface area contributed by atoms with Gasteiger partial charge in [0.2, 0.25) is 6.41 Å². The van der Waals surface area contributed by atoms with Crippen LogP contribution in [-0.2, 0) is 9.59 Å². The van der Waals surface area contributed by atoms with Crippen LogP contribution in [0.4, 0.5) is 5.69 Å². The van der Waals surface area contributed by atoms with Crippen LogP contribution in [0.25, 0.3) is 0 Å². The van der Waals surface area contributed by atoms with E-state index in [0.717, 1.165) is 25.1 Å². The zero-order valence-corrected chi connectivity index (χ0v) is 12.2. The number of quaternary nitrogens is 1. The van der Waals surface area contributed by atoms with Crippen LogP contribution < -0.4 is 10.2 Å². The molecule has 0 atom stereocenters. The molecular formula is C14H19ClN3O2+. The van der Waals surface area contributed by atoms with E-state index in [1.807, 2.05) is 19.1 Å². The number of nitrogens with one attached hydrogen (secondary N) is 2. The summed E-state index contributed by atoms with van der Waals surface area (Å²) in [5.41, 5.74) is 1.71. The van der Waals surface area contributed by atoms with Crippen molar-refractivity contribution in [1.29, 1.82) is 0 Å². The van der Waals surface area contributed by atoms with E-state index >= 15 is 0 Å². The minimum absolute atomic E-state index is 0.0490. The fourth-order valence-corrected chi connectivity index (χ4v) is 2.44. The van der Waals surface area contributed by atoms with Crippen molar-refractivity contribution in [3.63, 3.8) is 0 Å². The maximum absolute atomic E-state index is 12.0. The second kappa shape index (κ2) is 6.72. The Morgan fingerprint density at radius 1 is 1.45 bits per heavy atom. The predicted octanol–water partition coefficient (Wildman–Crippen LogP) is -0.0562. The fourth-order valence-electron chi connectivity index (χ4n) is 2.28. The summed E-state index contributed by atoms with van der Waals surface area (Å²) in [4.78, 5) is 25.6. The molecule has 20 heavy (non-hydrogen) atoms. The third-order valence-corrected chi connectivity index (χ3v) is 3.79. The summed E-state index contributed by atoms with van der Waals surface area (Å²) in [6.45, 7) is 5.36. The number of amides is 2. The smallest absolute Gasteiger partial charge is 0.279 e. The minimum atomic E-state index is -0.0490. The number of nitrogens with zero attached hydrogens (tertiary/aromatic N) is 1. The van der Waals surface area contributed by atoms with Crippen molar-refractivity contribution in [3.8, 4) is 0 Å². The first-order chi connectivity index (χ1) is 9.58. The zero-order valence-electron chi connectivity index (χ0n) is 11.5. The summed E-state index contributed by atoms with van der Waals surface area (Å²) >= 11 is 6.05. The van der Waals surface area contributed by atoms with Gasteiger partial charge >= 0.3 is 0 Å². The van der Waals surface area contributed by atoms with Gasteiger partial charge < -0.3 is 15.1 Å². The van der Waals surface area contributed by atoms with Crippen LogP contribution in [0.3, 0.4) is 0 Å². The number of piperazine rings is 1. The van der Waals surface area contributed by atoms with E-state index in [1.54, 1.807) is 11.0 Å². The Morgan fingerprint density at radius 3 is 2.80 bits per heavy atom. The lowest BCUT2D eigenvalue weighted by atomic mass is 10.2. The van der Waals surface area contributed by atoms with E-state index in [0.29, 0.717) is 30.3 Å². The number of aryl methyl sites for hydroxylation is 1. The first-order valence-corrected chi connectivity index (χ1v) is 7.05. The van der Waals surface area contributed by atoms with Crippen LogP contribution in [0.15, 0.2) is 18.2 Å². The number of carbonyl (C=O) groups excluding carboxylic acids is 2. The van der Waals surface area contributed by atoms with Gasteiger partial charge in [-0.1, -0.05) is 17.7 Å². The van der Waals surface area contributed by atoms with Crippen molar-refractivity contribution in [2.45, 2.75) is 6.92 Å². The molecule has 0 unspecified atom stereocenters. The molecule has 2 N–H and O–H groups in total. The molecule has 1 fully saturated rings. The second-order valence-corrected chi connectivity index (χ2v) is 5.51. The molecule has 1 aliphatic heterocycles. The Bertz CT molecular complexity index is 499. The van der Waals surface area contributed by atoms with E-state index in [-0.39, 0.29) is 5.91 Å². The van der Waals surface area contributed by atoms with Crippen molar-refractivity contribution in [1.82, 2.24) is 4.90 Å². The molecule has 0 radical (unpaired) electrons. The van der Waals surface area contributed by atoms with E-state index in [9.17, 15) is 9.59 Å². The van der Waals surface area contributed by atoms with Gasteiger partial charge in [-0.05, 0) is 24.6 Å². The molecule has 1 saturated heterocycles. The van der Waals surface area contributed by atoms with Crippen molar-refractivity contribution >= 4 is 29.6 Å². The molecule has 0 spiro atoms. The largest absolute Gasteiger partial charge is 0.334 e. The maximum Gasteiger partial charge on any atom is 0.279 e. The molecule has 0 bridgehead atoms. The number of hydrogen-bond donors (Lipinski definition) is 2. The minimum Gasteiger partial charge on any atom is -0.334 e. The Labute approximate surface area is 123 Å². The van der Waals surface area contributed by atoms with Crippen LogP contribution >= 0.6 is 11.6 Å². The standard InChI is InChI=1S/C14H18ClN3O2/c1-11-2-3-12(15)13(8-11)16-14(20)9-17-4-6-18(10-19)7-5-17/h2-3,8,10H,4-7,9H2,1H3,(H,16,20)/p+1. The third kappa shape index (κ3) is 3.95. The third-order valence-electron chi connectivity index (χ3n) is 3.46. The van der Waals surface area contributed by atoms with Crippen molar-refractivity contribution in [3.05, 3.63) is 28.8 Å². The number of hydrogen-bond acceptors (Lipinski definition) is 2. The van der Waals surface area contributed by atoms with Crippen molar-refractivity contribution in [2.24, 2.45) is 0 Å². The van der Waals surface area contributed by atoms with Gasteiger partial charge in [0, 0.05) is 0 Å². The molecule has 108 valence electrons. The molecule has 0 saturated carbocycles. The SMILES string of the molecule is Cc1ccc(Cl)c(NC(=O)C[NH+]2CCN(C=O)CC2)c1. The number of rotatable bonds is 4. The maximum atomic E-state index is 12.0. The second-order valence-electron chi connectivity index (χ2n) is 5.10. The van der Waals surface area contributed by atoms with Gasteiger partial charge in [-0.2, -0.15) is 0 Å². The molecule has 1 aromatic carbocycles. The highest BCUT2D eigenvalue weighted by Gasteiger charge is 2.21. The molecule has 6 heteroatoms. The lowest BCUT2D eigenvalue weighted by molar-refractivity contribution is -0.895. The van der Waals surface area contributed by atoms with Gasteiger partial charge in [0.15, 0.2) is 6.54 Å². The highest BCUT2D eigenvalue weighted by Crippen LogP contribution is 2.22. The normalized spacial score (nSPS) is 16.0. The molecule has 1 heterocycles. The quantitative estimate of drug-likeness (QED) is 0.765. The number of halogens is 1. The molecule has 0 aromatic heterocycles. The van der Waals surface area contributed by atoms with Gasteiger partial charge in [0.25, 0.3) is 5.91 Å². The van der Waals surface area contributed by atoms with Gasteiger partial charge in [0.05, 0.1) is 36.9 Å². The average Bonchev–Trinajstić information content (AvgIpc) is 2.43. The fraction of sp³-hybridized carbons (Fsp3) is 0.429. The Morgan fingerprint density at radius 2 is 2.15 bits per heavy atom. The van der Waals surface area contributed by atoms with Crippen molar-refractivity contribution in [2.75, 3.05) is 38.0 Å². The summed E-state index contributed by atoms with van der Waals surface area (Å²) in [6, 6.07) is 5.55. The molecular weight excluding hydrogens is 278 g/mol. The molecule has 1 aromatic rings. The predicted molar refractivity (Wildman–Crippen MR) is 78.0 cm³/mol. The lowest BCUT2D eigenvalue weighted by Crippen LogP contribution is -3.15. The summed E-state index contributed by atoms with van der Waals surface area (Å²) in [7, 11) is 0. The first kappa shape index (κ1) is 14.8. The lowest BCUT2D eigenvalue weighted by Gasteiger charge is -2.29. The van der Waals surface area contributed by atoms with Gasteiger partial charge in [-0.3, -0.25) is 9.59 Å². The van der Waals surface area contributed by atoms with Gasteiger partial charge in [0.1, 0.15) is 0 Å². The molecule has 0 aliphatic carbocycles. The summed E-state index contributed by atoms with van der Waals surface area (Å²) in [5.74, 6) is -0.0490. The highest BCUT2D eigenvalue weighted by atomic mass is 35.5. The topological polar surface area (TPSA) is 53.9 Å². The van der Waals surface area contributed by atoms with E-state index in [1.165, 1.54) is 4.90 Å². The van der Waals surface area contributed by atoms with Crippen LogP contribution in [0.2, 0.25) is 5.02 Å². The van der Waals surface area contributed by atoms with E-state index < -0.39 is 0 Å². The average molecular weight is 297 g/mol. The summed E-state index contributed by atoms with van der Waals surface area (Å²) < 4.78 is 0. The monoisotopic (exact) mass is 296 g/mol. The van der Waals surface area contributed by atoms with Crippen LogP contribution in [0.5, 0.6) is 0 Å². The molecule has 5 nitrogen and oxygen atoms in total. The number of anilines is 1. The van der Waals surface area contributed by atoms with E-state index in [2.05, 4.69) is 5.32 Å². The van der Waals surface area contributed by atoms with Crippen molar-refractivity contribution < 1.29 is 14.5 Å². The first-order valence-electron chi connectivity index (χ1n) is 6.67. The Kier molecular flexibility index (Phi) is 4.98. The molecule has 2 amide bonds. The van der Waals surface area contributed by atoms with Crippen LogP contribution in [-0.4, -0.2) is 49.9 Å². The highest BCUT2D eigenvalue weighted by molar-refractivity contribution is 6.33. The molecule has 2 rings (SSSR count). The Hall–Kier alpha value is -1.59. The number of benzene rings is 1. The van der Waals surface area contributed by atoms with Crippen LogP contribution in [0.1, 0.15) is 5.56 Å².